The minimum absolute atomic E-state index is 0.259. The number of carbonyl (C=O) groups is 1. The van der Waals surface area contributed by atoms with Crippen LogP contribution in [0.15, 0.2) is 6.20 Å². The molecule has 0 aromatic carbocycles. The lowest BCUT2D eigenvalue weighted by atomic mass is 10.1. The van der Waals surface area contributed by atoms with Crippen LogP contribution in [0.5, 0.6) is 0 Å². The molecule has 0 fully saturated rings. The standard InChI is InChI=1S/C15H28N4O3/c1-14(20)6-4-3-5-8-19-12-15(17-18-19)13-22-11-10-21-9-7-16-2/h12,16H,3-11,13H2,1-2H3. The van der Waals surface area contributed by atoms with Crippen LogP contribution in [0, 0.1) is 0 Å². The number of hydrogen-bond acceptors (Lipinski definition) is 6. The van der Waals surface area contributed by atoms with Gasteiger partial charge in [-0.25, -0.2) is 0 Å². The van der Waals surface area contributed by atoms with E-state index in [4.69, 9.17) is 9.47 Å². The van der Waals surface area contributed by atoms with E-state index in [1.54, 1.807) is 6.92 Å². The summed E-state index contributed by atoms with van der Waals surface area (Å²) in [6.45, 7) is 5.61. The summed E-state index contributed by atoms with van der Waals surface area (Å²) in [6.07, 6.45) is 5.58. The average Bonchev–Trinajstić information content (AvgIpc) is 2.93. The molecule has 0 unspecified atom stereocenters. The average molecular weight is 312 g/mol. The Morgan fingerprint density at radius 2 is 2.05 bits per heavy atom. The predicted molar refractivity (Wildman–Crippen MR) is 83.6 cm³/mol. The zero-order valence-electron chi connectivity index (χ0n) is 13.7. The van der Waals surface area contributed by atoms with Crippen molar-refractivity contribution in [1.29, 1.82) is 0 Å². The minimum Gasteiger partial charge on any atom is -0.378 e. The molecule has 1 heterocycles. The highest BCUT2D eigenvalue weighted by Crippen LogP contribution is 2.03. The number of unbranched alkanes of at least 4 members (excludes halogenated alkanes) is 2. The van der Waals surface area contributed by atoms with Gasteiger partial charge in [-0.2, -0.15) is 0 Å². The van der Waals surface area contributed by atoms with Crippen LogP contribution in [0.1, 0.15) is 38.3 Å². The summed E-state index contributed by atoms with van der Waals surface area (Å²) >= 11 is 0. The van der Waals surface area contributed by atoms with Gasteiger partial charge in [0.25, 0.3) is 0 Å². The van der Waals surface area contributed by atoms with Gasteiger partial charge >= 0.3 is 0 Å². The van der Waals surface area contributed by atoms with Crippen molar-refractivity contribution in [3.63, 3.8) is 0 Å². The van der Waals surface area contributed by atoms with Gasteiger partial charge in [-0.05, 0) is 26.8 Å². The fourth-order valence-corrected chi connectivity index (χ4v) is 1.91. The summed E-state index contributed by atoms with van der Waals surface area (Å²) in [5, 5.41) is 11.2. The Morgan fingerprint density at radius 1 is 1.23 bits per heavy atom. The van der Waals surface area contributed by atoms with E-state index in [9.17, 15) is 4.79 Å². The smallest absolute Gasteiger partial charge is 0.129 e. The third-order valence-corrected chi connectivity index (χ3v) is 3.12. The van der Waals surface area contributed by atoms with Crippen molar-refractivity contribution < 1.29 is 14.3 Å². The Hall–Kier alpha value is -1.31. The first-order valence-corrected chi connectivity index (χ1v) is 7.91. The molecule has 0 saturated carbocycles. The number of aromatic nitrogens is 3. The van der Waals surface area contributed by atoms with E-state index in [1.807, 2.05) is 17.9 Å². The van der Waals surface area contributed by atoms with Crippen molar-refractivity contribution in [1.82, 2.24) is 20.3 Å². The molecule has 126 valence electrons. The molecule has 1 N–H and O–H groups in total. The Kier molecular flexibility index (Phi) is 10.4. The van der Waals surface area contributed by atoms with Gasteiger partial charge in [-0.1, -0.05) is 11.6 Å². The maximum Gasteiger partial charge on any atom is 0.129 e. The first-order valence-electron chi connectivity index (χ1n) is 7.91. The number of aryl methyl sites for hydroxylation is 1. The van der Waals surface area contributed by atoms with Gasteiger partial charge < -0.3 is 19.6 Å². The molecule has 0 saturated heterocycles. The number of nitrogens with one attached hydrogen (secondary N) is 1. The maximum atomic E-state index is 10.8. The number of rotatable bonds is 14. The van der Waals surface area contributed by atoms with E-state index < -0.39 is 0 Å². The molecule has 7 nitrogen and oxygen atoms in total. The molecule has 0 radical (unpaired) electrons. The summed E-state index contributed by atoms with van der Waals surface area (Å²) in [6, 6.07) is 0. The highest BCUT2D eigenvalue weighted by Gasteiger charge is 2.01. The number of carbonyl (C=O) groups excluding carboxylic acids is 1. The van der Waals surface area contributed by atoms with Gasteiger partial charge in [0.1, 0.15) is 11.5 Å². The number of likely N-dealkylation sites (N-methyl/N-ethyl adjacent to an activating group) is 1. The van der Waals surface area contributed by atoms with Crippen LogP contribution in [0.4, 0.5) is 0 Å². The van der Waals surface area contributed by atoms with Gasteiger partial charge in [-0.3, -0.25) is 4.68 Å². The van der Waals surface area contributed by atoms with E-state index in [-0.39, 0.29) is 5.78 Å². The summed E-state index contributed by atoms with van der Waals surface area (Å²) in [7, 11) is 1.90. The van der Waals surface area contributed by atoms with Crippen molar-refractivity contribution in [2.24, 2.45) is 0 Å². The molecule has 1 rings (SSSR count). The quantitative estimate of drug-likeness (QED) is 0.520. The fourth-order valence-electron chi connectivity index (χ4n) is 1.91. The number of ketones is 1. The molecule has 0 spiro atoms. The summed E-state index contributed by atoms with van der Waals surface area (Å²) in [4.78, 5) is 10.8. The first kappa shape index (κ1) is 18.7. The van der Waals surface area contributed by atoms with E-state index >= 15 is 0 Å². The van der Waals surface area contributed by atoms with E-state index in [2.05, 4.69) is 15.6 Å². The SMILES string of the molecule is CNCCOCCOCc1cn(CCCCCC(C)=O)nn1. The largest absolute Gasteiger partial charge is 0.378 e. The van der Waals surface area contributed by atoms with Crippen LogP contribution < -0.4 is 5.32 Å². The second-order valence-electron chi connectivity index (χ2n) is 5.25. The van der Waals surface area contributed by atoms with Gasteiger partial charge in [0.05, 0.1) is 32.6 Å². The normalized spacial score (nSPS) is 11.0. The van der Waals surface area contributed by atoms with Gasteiger partial charge in [0, 0.05) is 19.5 Å². The van der Waals surface area contributed by atoms with Crippen molar-refractivity contribution in [3.8, 4) is 0 Å². The van der Waals surface area contributed by atoms with Crippen LogP contribution in [-0.2, 0) is 27.4 Å². The molecule has 0 atom stereocenters. The van der Waals surface area contributed by atoms with Crippen LogP contribution in [0.2, 0.25) is 0 Å². The zero-order valence-corrected chi connectivity index (χ0v) is 13.7. The zero-order chi connectivity index (χ0) is 16.0. The van der Waals surface area contributed by atoms with Crippen LogP contribution in [0.3, 0.4) is 0 Å². The van der Waals surface area contributed by atoms with Gasteiger partial charge in [-0.15, -0.1) is 5.10 Å². The van der Waals surface area contributed by atoms with E-state index in [1.165, 1.54) is 0 Å². The summed E-state index contributed by atoms with van der Waals surface area (Å²) in [5.41, 5.74) is 0.832. The maximum absolute atomic E-state index is 10.8. The van der Waals surface area contributed by atoms with Crippen molar-refractivity contribution >= 4 is 5.78 Å². The number of Topliss-reactive ketones (excluding diaryl/α,β-unsaturated/α-hetero) is 1. The fraction of sp³-hybridized carbons (Fsp3) is 0.800. The molecule has 0 bridgehead atoms. The molecule has 0 aliphatic rings. The third-order valence-electron chi connectivity index (χ3n) is 3.12. The number of nitrogens with zero attached hydrogens (tertiary/aromatic N) is 3. The summed E-state index contributed by atoms with van der Waals surface area (Å²) in [5.74, 6) is 0.259. The molecule has 0 aliphatic heterocycles. The molecule has 0 aliphatic carbocycles. The highest BCUT2D eigenvalue weighted by atomic mass is 16.5. The highest BCUT2D eigenvalue weighted by molar-refractivity contribution is 5.75. The van der Waals surface area contributed by atoms with Gasteiger partial charge in [0.2, 0.25) is 0 Å². The third kappa shape index (κ3) is 9.59. The minimum atomic E-state index is 0.259. The lowest BCUT2D eigenvalue weighted by molar-refractivity contribution is -0.117. The number of ether oxygens (including phenoxy) is 2. The molecule has 1 aromatic rings. The predicted octanol–water partition coefficient (Wildman–Crippen LogP) is 1.18. The lowest BCUT2D eigenvalue weighted by Crippen LogP contribution is -2.16. The van der Waals surface area contributed by atoms with E-state index in [0.29, 0.717) is 32.8 Å². The molecule has 0 amide bonds. The lowest BCUT2D eigenvalue weighted by Gasteiger charge is -2.03. The monoisotopic (exact) mass is 312 g/mol. The topological polar surface area (TPSA) is 78.3 Å². The Bertz CT molecular complexity index is 409. The van der Waals surface area contributed by atoms with Crippen LogP contribution in [0.25, 0.3) is 0 Å². The van der Waals surface area contributed by atoms with E-state index in [0.717, 1.165) is 38.0 Å². The molecular formula is C15H28N4O3. The molecule has 22 heavy (non-hydrogen) atoms. The van der Waals surface area contributed by atoms with Crippen LogP contribution >= 0.6 is 0 Å². The van der Waals surface area contributed by atoms with Gasteiger partial charge in [0.15, 0.2) is 0 Å². The van der Waals surface area contributed by atoms with Crippen LogP contribution in [-0.4, -0.2) is 54.2 Å². The second-order valence-corrected chi connectivity index (χ2v) is 5.25. The van der Waals surface area contributed by atoms with Crippen molar-refractivity contribution in [2.75, 3.05) is 33.4 Å². The Morgan fingerprint density at radius 3 is 2.82 bits per heavy atom. The second kappa shape index (κ2) is 12.3. The van der Waals surface area contributed by atoms with Crippen molar-refractivity contribution in [2.45, 2.75) is 45.8 Å². The molecule has 1 aromatic heterocycles. The summed E-state index contributed by atoms with van der Waals surface area (Å²) < 4.78 is 12.7. The molecular weight excluding hydrogens is 284 g/mol. The Balaban J connectivity index is 2.02. The first-order chi connectivity index (χ1) is 10.7. The Labute approximate surface area is 132 Å². The molecule has 7 heteroatoms. The number of hydrogen-bond donors (Lipinski definition) is 1. The van der Waals surface area contributed by atoms with Crippen molar-refractivity contribution in [3.05, 3.63) is 11.9 Å².